The van der Waals surface area contributed by atoms with Crippen LogP contribution in [0.25, 0.3) is 0 Å². The highest BCUT2D eigenvalue weighted by Crippen LogP contribution is 2.31. The zero-order valence-electron chi connectivity index (χ0n) is 13.9. The zero-order valence-corrected chi connectivity index (χ0v) is 14.8. The summed E-state index contributed by atoms with van der Waals surface area (Å²) in [7, 11) is 0. The smallest absolute Gasteiger partial charge is 0.220 e. The Morgan fingerprint density at radius 1 is 1.23 bits per heavy atom. The van der Waals surface area contributed by atoms with Gasteiger partial charge in [-0.2, -0.15) is 0 Å². The van der Waals surface area contributed by atoms with Gasteiger partial charge in [0.2, 0.25) is 5.91 Å². The van der Waals surface area contributed by atoms with E-state index >= 15 is 0 Å². The second-order valence-corrected chi connectivity index (χ2v) is 6.93. The molecule has 5 heteroatoms. The van der Waals surface area contributed by atoms with E-state index in [4.69, 9.17) is 10.5 Å². The van der Waals surface area contributed by atoms with Gasteiger partial charge < -0.3 is 15.8 Å². The fourth-order valence-electron chi connectivity index (χ4n) is 3.78. The topological polar surface area (TPSA) is 64.3 Å². The van der Waals surface area contributed by atoms with Crippen LogP contribution in [0.4, 0.5) is 0 Å². The minimum Gasteiger partial charge on any atom is -0.373 e. The first-order valence-corrected chi connectivity index (χ1v) is 8.81. The number of nitrogens with one attached hydrogen (secondary N) is 1. The van der Waals surface area contributed by atoms with Crippen molar-refractivity contribution in [2.75, 3.05) is 13.2 Å². The van der Waals surface area contributed by atoms with Crippen LogP contribution in [0.3, 0.4) is 0 Å². The van der Waals surface area contributed by atoms with E-state index in [1.807, 2.05) is 0 Å². The molecule has 1 amide bonds. The molecule has 0 radical (unpaired) electrons. The molecule has 2 aliphatic carbocycles. The van der Waals surface area contributed by atoms with E-state index in [2.05, 4.69) is 12.2 Å². The Bertz CT molecular complexity index is 333. The molecular formula is C17H33ClN2O2. The summed E-state index contributed by atoms with van der Waals surface area (Å²) in [4.78, 5) is 12.2. The molecule has 22 heavy (non-hydrogen) atoms. The van der Waals surface area contributed by atoms with E-state index in [1.165, 1.54) is 25.7 Å². The summed E-state index contributed by atoms with van der Waals surface area (Å²) in [6.45, 7) is 3.60. The minimum atomic E-state index is -0.109. The average Bonchev–Trinajstić information content (AvgIpc) is 2.89. The van der Waals surface area contributed by atoms with Gasteiger partial charge in [0, 0.05) is 25.6 Å². The van der Waals surface area contributed by atoms with Gasteiger partial charge in [-0.1, -0.05) is 32.6 Å². The molecule has 2 rings (SSSR count). The molecule has 2 saturated carbocycles. The summed E-state index contributed by atoms with van der Waals surface area (Å²) >= 11 is 0. The minimum absolute atomic E-state index is 0. The Kier molecular flexibility index (Phi) is 8.73. The third-order valence-electron chi connectivity index (χ3n) is 5.15. The number of halogens is 1. The van der Waals surface area contributed by atoms with Gasteiger partial charge in [-0.3, -0.25) is 4.79 Å². The van der Waals surface area contributed by atoms with Gasteiger partial charge >= 0.3 is 0 Å². The second kappa shape index (κ2) is 9.74. The number of hydrogen-bond acceptors (Lipinski definition) is 3. The van der Waals surface area contributed by atoms with Gasteiger partial charge in [-0.05, 0) is 38.0 Å². The van der Waals surface area contributed by atoms with Gasteiger partial charge in [0.1, 0.15) is 0 Å². The van der Waals surface area contributed by atoms with Crippen LogP contribution in [0.1, 0.15) is 71.1 Å². The van der Waals surface area contributed by atoms with E-state index in [0.717, 1.165) is 38.7 Å². The lowest BCUT2D eigenvalue weighted by atomic mass is 9.84. The van der Waals surface area contributed by atoms with Crippen LogP contribution in [0.15, 0.2) is 0 Å². The number of carbonyl (C=O) groups excluding carboxylic acids is 1. The van der Waals surface area contributed by atoms with Crippen molar-refractivity contribution in [3.05, 3.63) is 0 Å². The van der Waals surface area contributed by atoms with E-state index in [0.29, 0.717) is 18.9 Å². The molecule has 2 aliphatic rings. The third-order valence-corrected chi connectivity index (χ3v) is 5.15. The molecule has 130 valence electrons. The molecule has 0 aromatic heterocycles. The standard InChI is InChI=1S/C17H32N2O2.ClH/c1-2-11-21-17(9-4-3-5-10-17)13-19-16(20)12-14-7-6-8-15(14)18;/h14-15H,2-13,18H2,1H3,(H,19,20);1H/t14-,15+;/m0./s1. The number of amides is 1. The molecule has 0 aromatic rings. The molecule has 0 aliphatic heterocycles. The first-order chi connectivity index (χ1) is 10.2. The lowest BCUT2D eigenvalue weighted by Gasteiger charge is -2.37. The average molecular weight is 333 g/mol. The summed E-state index contributed by atoms with van der Waals surface area (Å²) in [5.41, 5.74) is 5.94. The maximum Gasteiger partial charge on any atom is 0.220 e. The fraction of sp³-hybridized carbons (Fsp3) is 0.941. The van der Waals surface area contributed by atoms with E-state index in [-0.39, 0.29) is 30.0 Å². The number of ether oxygens (including phenoxy) is 1. The third kappa shape index (κ3) is 5.71. The molecule has 2 fully saturated rings. The number of rotatable bonds is 7. The predicted molar refractivity (Wildman–Crippen MR) is 92.3 cm³/mol. The van der Waals surface area contributed by atoms with Crippen LogP contribution in [0.5, 0.6) is 0 Å². The monoisotopic (exact) mass is 332 g/mol. The van der Waals surface area contributed by atoms with E-state index in [1.54, 1.807) is 0 Å². The highest BCUT2D eigenvalue weighted by molar-refractivity contribution is 5.85. The predicted octanol–water partition coefficient (Wildman–Crippen LogP) is 3.17. The number of carbonyl (C=O) groups is 1. The first kappa shape index (κ1) is 19.7. The Hall–Kier alpha value is -0.320. The Balaban J connectivity index is 0.00000242. The van der Waals surface area contributed by atoms with Crippen LogP contribution in [-0.4, -0.2) is 30.7 Å². The summed E-state index contributed by atoms with van der Waals surface area (Å²) in [5, 5.41) is 3.13. The molecule has 2 atom stereocenters. The van der Waals surface area contributed by atoms with Crippen molar-refractivity contribution in [3.8, 4) is 0 Å². The van der Waals surface area contributed by atoms with Crippen molar-refractivity contribution in [2.45, 2.75) is 82.8 Å². The zero-order chi connectivity index (χ0) is 15.1. The summed E-state index contributed by atoms with van der Waals surface area (Å²) in [6.07, 6.45) is 10.8. The largest absolute Gasteiger partial charge is 0.373 e. The lowest BCUT2D eigenvalue weighted by Crippen LogP contribution is -2.47. The molecule has 0 heterocycles. The SMILES string of the molecule is CCCOC1(CNC(=O)C[C@@H]2CCC[C@H]2N)CCCCC1.Cl. The number of nitrogens with two attached hydrogens (primary N) is 1. The quantitative estimate of drug-likeness (QED) is 0.752. The maximum absolute atomic E-state index is 12.2. The van der Waals surface area contributed by atoms with Crippen molar-refractivity contribution in [1.29, 1.82) is 0 Å². The fourth-order valence-corrected chi connectivity index (χ4v) is 3.78. The Morgan fingerprint density at radius 2 is 1.95 bits per heavy atom. The molecule has 0 unspecified atom stereocenters. The van der Waals surface area contributed by atoms with Gasteiger partial charge in [-0.25, -0.2) is 0 Å². The van der Waals surface area contributed by atoms with Crippen LogP contribution >= 0.6 is 12.4 Å². The molecule has 0 aromatic carbocycles. The van der Waals surface area contributed by atoms with E-state index in [9.17, 15) is 4.79 Å². The van der Waals surface area contributed by atoms with Crippen LogP contribution < -0.4 is 11.1 Å². The van der Waals surface area contributed by atoms with Crippen molar-refractivity contribution in [2.24, 2.45) is 11.7 Å². The van der Waals surface area contributed by atoms with Crippen molar-refractivity contribution in [1.82, 2.24) is 5.32 Å². The second-order valence-electron chi connectivity index (χ2n) is 6.93. The van der Waals surface area contributed by atoms with E-state index < -0.39 is 0 Å². The van der Waals surface area contributed by atoms with Crippen molar-refractivity contribution < 1.29 is 9.53 Å². The van der Waals surface area contributed by atoms with Crippen molar-refractivity contribution >= 4 is 18.3 Å². The Labute approximate surface area is 141 Å². The van der Waals surface area contributed by atoms with Gasteiger partial charge in [0.25, 0.3) is 0 Å². The van der Waals surface area contributed by atoms with Gasteiger partial charge in [0.15, 0.2) is 0 Å². The van der Waals surface area contributed by atoms with Crippen LogP contribution in [-0.2, 0) is 9.53 Å². The Morgan fingerprint density at radius 3 is 2.55 bits per heavy atom. The molecule has 0 saturated heterocycles. The normalized spacial score (nSPS) is 27.2. The van der Waals surface area contributed by atoms with Gasteiger partial charge in [0.05, 0.1) is 5.60 Å². The summed E-state index contributed by atoms with van der Waals surface area (Å²) in [6, 6.07) is 0.218. The summed E-state index contributed by atoms with van der Waals surface area (Å²) < 4.78 is 6.12. The van der Waals surface area contributed by atoms with Gasteiger partial charge in [-0.15, -0.1) is 12.4 Å². The van der Waals surface area contributed by atoms with Crippen molar-refractivity contribution in [3.63, 3.8) is 0 Å². The molecular weight excluding hydrogens is 300 g/mol. The lowest BCUT2D eigenvalue weighted by molar-refractivity contribution is -0.125. The summed E-state index contributed by atoms with van der Waals surface area (Å²) in [5.74, 6) is 0.534. The van der Waals surface area contributed by atoms with Crippen LogP contribution in [0.2, 0.25) is 0 Å². The number of hydrogen-bond donors (Lipinski definition) is 2. The maximum atomic E-state index is 12.2. The molecule has 0 spiro atoms. The highest BCUT2D eigenvalue weighted by atomic mass is 35.5. The molecule has 3 N–H and O–H groups in total. The first-order valence-electron chi connectivity index (χ1n) is 8.81. The highest BCUT2D eigenvalue weighted by Gasteiger charge is 2.33. The van der Waals surface area contributed by atoms with Crippen LogP contribution in [0, 0.1) is 5.92 Å². The molecule has 0 bridgehead atoms. The molecule has 4 nitrogen and oxygen atoms in total.